The van der Waals surface area contributed by atoms with Gasteiger partial charge < -0.3 is 11.1 Å². The molecule has 160 valence electrons. The molecule has 1 aromatic carbocycles. The fourth-order valence-electron chi connectivity index (χ4n) is 4.77. The third-order valence-electron chi connectivity index (χ3n) is 6.79. The van der Waals surface area contributed by atoms with Gasteiger partial charge in [-0.1, -0.05) is 30.3 Å². The largest absolute Gasteiger partial charge is 0.382 e. The van der Waals surface area contributed by atoms with Gasteiger partial charge in [0, 0.05) is 42.0 Å². The number of carbonyl (C=O) groups excluding carboxylic acids is 1. The number of pyridine rings is 1. The van der Waals surface area contributed by atoms with Crippen LogP contribution in [0.1, 0.15) is 47.2 Å². The molecular formula is C25H24N6O. The number of imidazole rings is 1. The highest BCUT2D eigenvalue weighted by Gasteiger charge is 2.49. The summed E-state index contributed by atoms with van der Waals surface area (Å²) in [5.74, 6) is 1.47. The molecule has 7 heteroatoms. The van der Waals surface area contributed by atoms with Crippen LogP contribution in [0.4, 0.5) is 5.82 Å². The normalized spacial score (nSPS) is 18.9. The third-order valence-corrected chi connectivity index (χ3v) is 6.79. The maximum absolute atomic E-state index is 12.7. The van der Waals surface area contributed by atoms with Gasteiger partial charge in [0.15, 0.2) is 5.78 Å². The number of anilines is 1. The highest BCUT2D eigenvalue weighted by atomic mass is 16.1. The summed E-state index contributed by atoms with van der Waals surface area (Å²) in [4.78, 5) is 26.2. The number of benzene rings is 1. The summed E-state index contributed by atoms with van der Waals surface area (Å²) in [6.07, 6.45) is 9.34. The average molecular weight is 425 g/mol. The molecule has 1 aliphatic heterocycles. The van der Waals surface area contributed by atoms with E-state index in [-0.39, 0.29) is 18.2 Å². The van der Waals surface area contributed by atoms with Crippen molar-refractivity contribution in [2.24, 2.45) is 5.41 Å². The number of ketones is 1. The minimum absolute atomic E-state index is 0.0386. The van der Waals surface area contributed by atoms with E-state index in [1.165, 1.54) is 12.8 Å². The predicted molar refractivity (Wildman–Crippen MR) is 122 cm³/mol. The van der Waals surface area contributed by atoms with Crippen LogP contribution >= 0.6 is 0 Å². The lowest BCUT2D eigenvalue weighted by molar-refractivity contribution is 0.0992. The molecule has 4 heterocycles. The molecule has 3 N–H and O–H groups in total. The summed E-state index contributed by atoms with van der Waals surface area (Å²) in [6.45, 7) is 1.05. The van der Waals surface area contributed by atoms with Crippen molar-refractivity contribution in [3.63, 3.8) is 0 Å². The zero-order valence-electron chi connectivity index (χ0n) is 17.7. The van der Waals surface area contributed by atoms with E-state index in [9.17, 15) is 4.79 Å². The van der Waals surface area contributed by atoms with Crippen molar-refractivity contribution in [2.75, 3.05) is 12.3 Å². The molecule has 1 aliphatic carbocycles. The molecular weight excluding hydrogens is 400 g/mol. The van der Waals surface area contributed by atoms with Gasteiger partial charge in [0.05, 0.1) is 12.5 Å². The van der Waals surface area contributed by atoms with Gasteiger partial charge in [-0.2, -0.15) is 0 Å². The average Bonchev–Trinajstić information content (AvgIpc) is 3.26. The number of hydrogen-bond acceptors (Lipinski definition) is 6. The van der Waals surface area contributed by atoms with Crippen LogP contribution < -0.4 is 11.1 Å². The van der Waals surface area contributed by atoms with Crippen LogP contribution in [0.25, 0.3) is 16.8 Å². The summed E-state index contributed by atoms with van der Waals surface area (Å²) in [6, 6.07) is 13.4. The molecule has 1 spiro atoms. The minimum atomic E-state index is 0.0386. The maximum Gasteiger partial charge on any atom is 0.168 e. The van der Waals surface area contributed by atoms with Gasteiger partial charge in [-0.25, -0.2) is 9.97 Å². The maximum atomic E-state index is 12.7. The molecule has 7 nitrogen and oxygen atoms in total. The van der Waals surface area contributed by atoms with E-state index in [2.05, 4.69) is 19.7 Å². The van der Waals surface area contributed by atoms with Crippen LogP contribution in [-0.4, -0.2) is 31.7 Å². The molecule has 1 saturated heterocycles. The van der Waals surface area contributed by atoms with Gasteiger partial charge in [0.25, 0.3) is 0 Å². The van der Waals surface area contributed by atoms with Gasteiger partial charge >= 0.3 is 0 Å². The number of hydrogen-bond donors (Lipinski definition) is 2. The number of nitrogen functional groups attached to an aromatic ring is 1. The van der Waals surface area contributed by atoms with Crippen molar-refractivity contribution in [1.29, 1.82) is 0 Å². The second kappa shape index (κ2) is 7.24. The van der Waals surface area contributed by atoms with Gasteiger partial charge in [-0.15, -0.1) is 0 Å². The van der Waals surface area contributed by atoms with Crippen molar-refractivity contribution >= 4 is 17.1 Å². The number of aromatic nitrogens is 4. The first kappa shape index (κ1) is 19.1. The van der Waals surface area contributed by atoms with Crippen LogP contribution in [0.5, 0.6) is 0 Å². The summed E-state index contributed by atoms with van der Waals surface area (Å²) in [5.41, 5.74) is 10.7. The van der Waals surface area contributed by atoms with Crippen LogP contribution in [0.3, 0.4) is 0 Å². The zero-order valence-corrected chi connectivity index (χ0v) is 17.7. The van der Waals surface area contributed by atoms with Crippen molar-refractivity contribution in [2.45, 2.75) is 31.7 Å². The lowest BCUT2D eigenvalue weighted by Crippen LogP contribution is -2.16. The Hall–Kier alpha value is -3.58. The first-order chi connectivity index (χ1) is 15.6. The Bertz CT molecular complexity index is 1310. The monoisotopic (exact) mass is 424 g/mol. The molecule has 2 aliphatic rings. The Labute approximate surface area is 185 Å². The van der Waals surface area contributed by atoms with Crippen molar-refractivity contribution in [1.82, 2.24) is 24.7 Å². The molecule has 6 rings (SSSR count). The highest BCUT2D eigenvalue weighted by Crippen LogP contribution is 2.55. The fourth-order valence-corrected chi connectivity index (χ4v) is 4.77. The van der Waals surface area contributed by atoms with E-state index in [1.54, 1.807) is 12.4 Å². The van der Waals surface area contributed by atoms with E-state index in [1.807, 2.05) is 48.7 Å². The summed E-state index contributed by atoms with van der Waals surface area (Å²) < 4.78 is 2.07. The molecule has 0 amide bonds. The molecule has 1 saturated carbocycles. The lowest BCUT2D eigenvalue weighted by atomic mass is 10.0. The van der Waals surface area contributed by atoms with Gasteiger partial charge in [0.1, 0.15) is 22.9 Å². The fraction of sp³-hybridized carbons (Fsp3) is 0.280. The molecule has 2 fully saturated rings. The van der Waals surface area contributed by atoms with Crippen LogP contribution in [0, 0.1) is 5.41 Å². The Morgan fingerprint density at radius 2 is 1.97 bits per heavy atom. The summed E-state index contributed by atoms with van der Waals surface area (Å²) in [5, 5.41) is 3.65. The Balaban J connectivity index is 1.34. The summed E-state index contributed by atoms with van der Waals surface area (Å²) >= 11 is 0. The number of nitrogens with one attached hydrogen (secondary N) is 1. The van der Waals surface area contributed by atoms with Crippen molar-refractivity contribution < 1.29 is 4.79 Å². The van der Waals surface area contributed by atoms with E-state index >= 15 is 0 Å². The van der Waals surface area contributed by atoms with E-state index in [0.717, 1.165) is 41.3 Å². The van der Waals surface area contributed by atoms with Crippen LogP contribution in [-0.2, 0) is 6.42 Å². The quantitative estimate of drug-likeness (QED) is 0.475. The third kappa shape index (κ3) is 3.26. The number of Topliss-reactive ketones (excluding diaryl/α,β-unsaturated/α-hetero) is 1. The van der Waals surface area contributed by atoms with Crippen LogP contribution in [0.2, 0.25) is 0 Å². The first-order valence-electron chi connectivity index (χ1n) is 11.0. The number of rotatable bonds is 5. The van der Waals surface area contributed by atoms with Gasteiger partial charge in [-0.3, -0.25) is 14.2 Å². The number of fused-ring (bicyclic) bond motifs is 1. The van der Waals surface area contributed by atoms with Crippen molar-refractivity contribution in [3.8, 4) is 11.3 Å². The highest BCUT2D eigenvalue weighted by molar-refractivity contribution is 5.98. The molecule has 4 aromatic rings. The molecule has 1 atom stereocenters. The second-order valence-corrected chi connectivity index (χ2v) is 8.99. The second-order valence-electron chi connectivity index (χ2n) is 8.99. The zero-order chi connectivity index (χ0) is 21.7. The Kier molecular flexibility index (Phi) is 4.33. The predicted octanol–water partition coefficient (Wildman–Crippen LogP) is 3.61. The molecule has 32 heavy (non-hydrogen) atoms. The molecule has 1 unspecified atom stereocenters. The number of carbonyl (C=O) groups is 1. The topological polar surface area (TPSA) is 98.2 Å². The standard InChI is InChI=1S/C25H24N6O/c26-23-22-21(17-6-4-16(5-7-17)20(32)13-18-3-1-2-10-27-18)30-24(31(22)12-11-28-23)19-14-25(8-9-25)15-29-19/h1-7,10-12,19,29H,8-9,13-15H2,(H2,26,28). The Morgan fingerprint density at radius 3 is 2.69 bits per heavy atom. The SMILES string of the molecule is Nc1nccn2c(C3CC4(CC4)CN3)nc(-c3ccc(C(=O)Cc4ccccn4)cc3)c12. The first-order valence-corrected chi connectivity index (χ1v) is 11.0. The summed E-state index contributed by atoms with van der Waals surface area (Å²) in [7, 11) is 0. The van der Waals surface area contributed by atoms with Gasteiger partial charge in [-0.05, 0) is 36.8 Å². The van der Waals surface area contributed by atoms with E-state index in [0.29, 0.717) is 16.8 Å². The van der Waals surface area contributed by atoms with E-state index in [4.69, 9.17) is 10.7 Å². The number of nitrogens with two attached hydrogens (primary N) is 1. The molecule has 0 radical (unpaired) electrons. The van der Waals surface area contributed by atoms with E-state index < -0.39 is 0 Å². The smallest absolute Gasteiger partial charge is 0.168 e. The minimum Gasteiger partial charge on any atom is -0.382 e. The molecule has 3 aromatic heterocycles. The van der Waals surface area contributed by atoms with Crippen LogP contribution in [0.15, 0.2) is 61.1 Å². The van der Waals surface area contributed by atoms with Crippen molar-refractivity contribution in [3.05, 3.63) is 78.1 Å². The molecule has 0 bridgehead atoms. The lowest BCUT2D eigenvalue weighted by Gasteiger charge is -2.09. The number of nitrogens with zero attached hydrogens (tertiary/aromatic N) is 4. The Morgan fingerprint density at radius 1 is 1.12 bits per heavy atom. The van der Waals surface area contributed by atoms with Gasteiger partial charge in [0.2, 0.25) is 0 Å².